The Bertz CT molecular complexity index is 462. The fraction of sp³-hybridized carbons (Fsp3) is 0.692. The molecule has 1 aliphatic rings. The Morgan fingerprint density at radius 3 is 2.90 bits per heavy atom. The molecule has 1 saturated carbocycles. The number of rotatable bonds is 5. The van der Waals surface area contributed by atoms with Gasteiger partial charge in [-0.15, -0.1) is 0 Å². The molecule has 1 heterocycles. The highest BCUT2D eigenvalue weighted by molar-refractivity contribution is 7.18. The van der Waals surface area contributed by atoms with Crippen molar-refractivity contribution >= 4 is 28.2 Å². The van der Waals surface area contributed by atoms with Gasteiger partial charge in [0.2, 0.25) is 0 Å². The van der Waals surface area contributed by atoms with Crippen LogP contribution in [0.2, 0.25) is 0 Å². The topological polar surface area (TPSA) is 106 Å². The minimum Gasteiger partial charge on any atom is -0.382 e. The molecule has 2 unspecified atom stereocenters. The van der Waals surface area contributed by atoms with Gasteiger partial charge in [0.05, 0.1) is 0 Å². The number of carbonyl (C=O) groups excluding carboxylic acids is 1. The molecule has 6 nitrogen and oxygen atoms in total. The third kappa shape index (κ3) is 3.61. The number of amides is 1. The number of nitrogens with two attached hydrogens (primary N) is 2. The van der Waals surface area contributed by atoms with E-state index in [-0.39, 0.29) is 23.8 Å². The van der Waals surface area contributed by atoms with Gasteiger partial charge in [-0.3, -0.25) is 4.79 Å². The molecule has 0 spiro atoms. The van der Waals surface area contributed by atoms with E-state index in [2.05, 4.69) is 22.5 Å². The van der Waals surface area contributed by atoms with Crippen LogP contribution in [0.15, 0.2) is 0 Å². The molecule has 0 aromatic carbocycles. The number of nitrogens with one attached hydrogen (secondary N) is 2. The van der Waals surface area contributed by atoms with Gasteiger partial charge < -0.3 is 22.1 Å². The normalized spacial score (nSPS) is 22.5. The molecule has 1 fully saturated rings. The number of hydrogen-bond acceptors (Lipinski definition) is 6. The van der Waals surface area contributed by atoms with Crippen molar-refractivity contribution in [2.24, 2.45) is 5.73 Å². The van der Waals surface area contributed by atoms with Crippen LogP contribution in [0.1, 0.15) is 48.7 Å². The largest absolute Gasteiger partial charge is 0.382 e. The average Bonchev–Trinajstić information content (AvgIpc) is 2.80. The maximum atomic E-state index is 12.3. The zero-order valence-corrected chi connectivity index (χ0v) is 12.6. The number of carbonyl (C=O) groups is 1. The second-order valence-corrected chi connectivity index (χ2v) is 6.19. The van der Waals surface area contributed by atoms with Gasteiger partial charge in [-0.05, 0) is 19.3 Å². The van der Waals surface area contributed by atoms with Gasteiger partial charge in [0, 0.05) is 18.6 Å². The molecule has 1 aromatic rings. The van der Waals surface area contributed by atoms with Crippen molar-refractivity contribution in [3.63, 3.8) is 0 Å². The quantitative estimate of drug-likeness (QED) is 0.660. The molecule has 20 heavy (non-hydrogen) atoms. The van der Waals surface area contributed by atoms with Crippen LogP contribution in [0.3, 0.4) is 0 Å². The first-order valence-electron chi connectivity index (χ1n) is 7.18. The third-order valence-electron chi connectivity index (χ3n) is 3.52. The summed E-state index contributed by atoms with van der Waals surface area (Å²) in [6.45, 7) is 2.89. The predicted molar refractivity (Wildman–Crippen MR) is 83.0 cm³/mol. The molecular weight excluding hydrogens is 274 g/mol. The highest BCUT2D eigenvalue weighted by atomic mass is 32.1. The standard InChI is InChI=1S/C13H23N5OS/c1-2-7-16-13-18-11(15)10(20-13)12(19)17-9-6-4-3-5-8(9)14/h8-9H,2-7,14-15H2,1H3,(H,16,18)(H,17,19). The van der Waals surface area contributed by atoms with Gasteiger partial charge in [-0.1, -0.05) is 31.1 Å². The molecule has 2 atom stereocenters. The van der Waals surface area contributed by atoms with Crippen LogP contribution in [-0.2, 0) is 0 Å². The number of anilines is 2. The van der Waals surface area contributed by atoms with Crippen LogP contribution in [0, 0.1) is 0 Å². The Morgan fingerprint density at radius 2 is 2.20 bits per heavy atom. The monoisotopic (exact) mass is 297 g/mol. The first-order valence-corrected chi connectivity index (χ1v) is 8.00. The summed E-state index contributed by atoms with van der Waals surface area (Å²) in [4.78, 5) is 16.9. The lowest BCUT2D eigenvalue weighted by Gasteiger charge is -2.29. The molecule has 1 amide bonds. The van der Waals surface area contributed by atoms with E-state index in [1.165, 1.54) is 11.3 Å². The van der Waals surface area contributed by atoms with Crippen molar-refractivity contribution in [2.45, 2.75) is 51.1 Å². The maximum absolute atomic E-state index is 12.3. The van der Waals surface area contributed by atoms with E-state index >= 15 is 0 Å². The molecule has 0 bridgehead atoms. The van der Waals surface area contributed by atoms with Gasteiger partial charge in [-0.2, -0.15) is 0 Å². The van der Waals surface area contributed by atoms with Gasteiger partial charge >= 0.3 is 0 Å². The lowest BCUT2D eigenvalue weighted by Crippen LogP contribution is -2.49. The van der Waals surface area contributed by atoms with E-state index in [1.807, 2.05) is 0 Å². The summed E-state index contributed by atoms with van der Waals surface area (Å²) >= 11 is 1.30. The van der Waals surface area contributed by atoms with Crippen molar-refractivity contribution < 1.29 is 4.79 Å². The number of aromatic nitrogens is 1. The van der Waals surface area contributed by atoms with Crippen LogP contribution >= 0.6 is 11.3 Å². The first kappa shape index (κ1) is 15.1. The van der Waals surface area contributed by atoms with E-state index in [4.69, 9.17) is 11.5 Å². The minimum absolute atomic E-state index is 0.0412. The van der Waals surface area contributed by atoms with Crippen LogP contribution in [0.5, 0.6) is 0 Å². The molecule has 1 aliphatic carbocycles. The van der Waals surface area contributed by atoms with Crippen molar-refractivity contribution in [2.75, 3.05) is 17.6 Å². The number of nitrogens with zero attached hydrogens (tertiary/aromatic N) is 1. The average molecular weight is 297 g/mol. The van der Waals surface area contributed by atoms with E-state index in [0.29, 0.717) is 10.0 Å². The van der Waals surface area contributed by atoms with Crippen LogP contribution < -0.4 is 22.1 Å². The SMILES string of the molecule is CCCNc1nc(N)c(C(=O)NC2CCCCC2N)s1. The number of hydrogen-bond donors (Lipinski definition) is 4. The highest BCUT2D eigenvalue weighted by Gasteiger charge is 2.25. The summed E-state index contributed by atoms with van der Waals surface area (Å²) < 4.78 is 0. The smallest absolute Gasteiger partial charge is 0.265 e. The second kappa shape index (κ2) is 6.90. The van der Waals surface area contributed by atoms with E-state index in [0.717, 1.165) is 38.6 Å². The fourth-order valence-corrected chi connectivity index (χ4v) is 3.19. The van der Waals surface area contributed by atoms with Crippen molar-refractivity contribution in [3.8, 4) is 0 Å². The molecule has 6 N–H and O–H groups in total. The molecular formula is C13H23N5OS. The van der Waals surface area contributed by atoms with E-state index in [9.17, 15) is 4.79 Å². The zero-order valence-electron chi connectivity index (χ0n) is 11.8. The summed E-state index contributed by atoms with van der Waals surface area (Å²) in [6.07, 6.45) is 5.15. The number of thiazole rings is 1. The molecule has 112 valence electrons. The lowest BCUT2D eigenvalue weighted by molar-refractivity contribution is 0.0926. The van der Waals surface area contributed by atoms with Crippen molar-refractivity contribution in [3.05, 3.63) is 4.88 Å². The Kier molecular flexibility index (Phi) is 5.19. The van der Waals surface area contributed by atoms with Gasteiger partial charge in [-0.25, -0.2) is 4.98 Å². The van der Waals surface area contributed by atoms with Gasteiger partial charge in [0.25, 0.3) is 5.91 Å². The third-order valence-corrected chi connectivity index (χ3v) is 4.55. The Morgan fingerprint density at radius 1 is 1.45 bits per heavy atom. The fourth-order valence-electron chi connectivity index (χ4n) is 2.37. The van der Waals surface area contributed by atoms with Crippen LogP contribution in [-0.4, -0.2) is 29.5 Å². The summed E-state index contributed by atoms with van der Waals surface area (Å²) in [5, 5.41) is 6.84. The van der Waals surface area contributed by atoms with Crippen molar-refractivity contribution in [1.82, 2.24) is 10.3 Å². The van der Waals surface area contributed by atoms with Crippen molar-refractivity contribution in [1.29, 1.82) is 0 Å². The molecule has 0 aliphatic heterocycles. The summed E-state index contributed by atoms with van der Waals surface area (Å²) in [5.41, 5.74) is 11.9. The molecule has 1 aromatic heterocycles. The van der Waals surface area contributed by atoms with E-state index in [1.54, 1.807) is 0 Å². The van der Waals surface area contributed by atoms with Crippen LogP contribution in [0.4, 0.5) is 10.9 Å². The summed E-state index contributed by atoms with van der Waals surface area (Å²) in [5.74, 6) is 0.127. The Hall–Kier alpha value is -1.34. The minimum atomic E-state index is -0.160. The van der Waals surface area contributed by atoms with E-state index < -0.39 is 0 Å². The number of nitrogen functional groups attached to an aromatic ring is 1. The molecule has 2 rings (SSSR count). The summed E-state index contributed by atoms with van der Waals surface area (Å²) in [7, 11) is 0. The maximum Gasteiger partial charge on any atom is 0.265 e. The molecule has 0 radical (unpaired) electrons. The Balaban J connectivity index is 1.99. The second-order valence-electron chi connectivity index (χ2n) is 5.19. The predicted octanol–water partition coefficient (Wildman–Crippen LogP) is 1.55. The van der Waals surface area contributed by atoms with Gasteiger partial charge in [0.15, 0.2) is 5.13 Å². The van der Waals surface area contributed by atoms with Gasteiger partial charge in [0.1, 0.15) is 10.7 Å². The van der Waals surface area contributed by atoms with Crippen LogP contribution in [0.25, 0.3) is 0 Å². The Labute approximate surface area is 123 Å². The lowest BCUT2D eigenvalue weighted by atomic mass is 9.91. The summed E-state index contributed by atoms with van der Waals surface area (Å²) in [6, 6.07) is 0.0873. The zero-order chi connectivity index (χ0) is 14.5. The molecule has 0 saturated heterocycles. The molecule has 7 heteroatoms. The highest BCUT2D eigenvalue weighted by Crippen LogP contribution is 2.25. The first-order chi connectivity index (χ1) is 9.61.